The maximum atomic E-state index is 14.6. The van der Waals surface area contributed by atoms with Crippen LogP contribution >= 0.6 is 0 Å². The van der Waals surface area contributed by atoms with Crippen LogP contribution in [-0.4, -0.2) is 30.6 Å². The quantitative estimate of drug-likeness (QED) is 0.862. The van der Waals surface area contributed by atoms with Crippen LogP contribution in [0.4, 0.5) is 13.2 Å². The van der Waals surface area contributed by atoms with Gasteiger partial charge in [-0.2, -0.15) is 0 Å². The molecule has 0 bridgehead atoms. The van der Waals surface area contributed by atoms with Gasteiger partial charge in [0.15, 0.2) is 11.6 Å². The van der Waals surface area contributed by atoms with Gasteiger partial charge in [0.1, 0.15) is 5.82 Å². The van der Waals surface area contributed by atoms with Gasteiger partial charge in [-0.05, 0) is 45.8 Å². The highest BCUT2D eigenvalue weighted by atomic mass is 19.2. The number of aliphatic hydroxyl groups is 1. The van der Waals surface area contributed by atoms with E-state index in [1.165, 1.54) is 6.92 Å². The molecule has 1 aliphatic carbocycles. The van der Waals surface area contributed by atoms with Gasteiger partial charge in [0.25, 0.3) is 0 Å². The minimum absolute atomic E-state index is 0.108. The number of rotatable bonds is 3. The molecule has 1 aromatic carbocycles. The molecule has 124 valence electrons. The predicted octanol–water partition coefficient (Wildman–Crippen LogP) is 3.60. The molecule has 0 saturated heterocycles. The van der Waals surface area contributed by atoms with E-state index < -0.39 is 23.1 Å². The maximum absolute atomic E-state index is 14.6. The molecule has 0 amide bonds. The highest BCUT2D eigenvalue weighted by molar-refractivity contribution is 5.33. The Kier molecular flexibility index (Phi) is 4.87. The molecule has 3 atom stereocenters. The maximum Gasteiger partial charge on any atom is 0.164 e. The lowest BCUT2D eigenvalue weighted by Crippen LogP contribution is -2.48. The first-order valence-electron chi connectivity index (χ1n) is 7.71. The molecule has 0 radical (unpaired) electrons. The van der Waals surface area contributed by atoms with E-state index in [9.17, 15) is 18.3 Å². The van der Waals surface area contributed by atoms with Gasteiger partial charge in [0, 0.05) is 23.6 Å². The Bertz CT molecular complexity index is 561. The second-order valence-corrected chi connectivity index (χ2v) is 6.78. The average Bonchev–Trinajstić information content (AvgIpc) is 2.45. The Hall–Kier alpha value is -1.07. The Morgan fingerprint density at radius 3 is 2.45 bits per heavy atom. The number of hydrogen-bond acceptors (Lipinski definition) is 2. The summed E-state index contributed by atoms with van der Waals surface area (Å²) in [6, 6.07) is 0.835. The van der Waals surface area contributed by atoms with Crippen LogP contribution in [0.2, 0.25) is 0 Å². The van der Waals surface area contributed by atoms with E-state index in [1.54, 1.807) is 0 Å². The molecule has 1 fully saturated rings. The number of hydrogen-bond donors (Lipinski definition) is 1. The molecule has 22 heavy (non-hydrogen) atoms. The molecule has 1 saturated carbocycles. The third kappa shape index (κ3) is 2.76. The lowest BCUT2D eigenvalue weighted by Gasteiger charge is -2.46. The molecular weight excluding hydrogens is 291 g/mol. The van der Waals surface area contributed by atoms with Gasteiger partial charge in [-0.1, -0.05) is 13.3 Å². The summed E-state index contributed by atoms with van der Waals surface area (Å²) >= 11 is 0. The minimum atomic E-state index is -1.48. The van der Waals surface area contributed by atoms with Crippen LogP contribution in [0.25, 0.3) is 0 Å². The summed E-state index contributed by atoms with van der Waals surface area (Å²) in [7, 11) is 3.76. The first kappa shape index (κ1) is 17.3. The number of halogens is 3. The Balaban J connectivity index is 2.58. The van der Waals surface area contributed by atoms with Crippen molar-refractivity contribution in [2.75, 3.05) is 20.6 Å². The van der Waals surface area contributed by atoms with E-state index in [4.69, 9.17) is 0 Å². The summed E-state index contributed by atoms with van der Waals surface area (Å²) in [5, 5.41) is 11.3. The van der Waals surface area contributed by atoms with Crippen molar-refractivity contribution in [1.82, 2.24) is 4.90 Å². The van der Waals surface area contributed by atoms with Gasteiger partial charge in [0.2, 0.25) is 0 Å². The van der Waals surface area contributed by atoms with Crippen LogP contribution in [0.1, 0.15) is 37.3 Å². The first-order valence-corrected chi connectivity index (χ1v) is 7.71. The van der Waals surface area contributed by atoms with Crippen molar-refractivity contribution in [2.24, 2.45) is 11.8 Å². The van der Waals surface area contributed by atoms with Crippen LogP contribution in [0, 0.1) is 36.2 Å². The molecule has 0 aromatic heterocycles. The molecule has 2 rings (SSSR count). The largest absolute Gasteiger partial charge is 0.384 e. The van der Waals surface area contributed by atoms with E-state index in [0.29, 0.717) is 6.54 Å². The number of benzene rings is 1. The van der Waals surface area contributed by atoms with Gasteiger partial charge in [-0.15, -0.1) is 0 Å². The van der Waals surface area contributed by atoms with E-state index in [-0.39, 0.29) is 23.0 Å². The van der Waals surface area contributed by atoms with Gasteiger partial charge in [0.05, 0.1) is 5.60 Å². The summed E-state index contributed by atoms with van der Waals surface area (Å²) in [4.78, 5) is 1.93. The highest BCUT2D eigenvalue weighted by Gasteiger charge is 2.47. The third-order valence-corrected chi connectivity index (χ3v) is 4.96. The smallest absolute Gasteiger partial charge is 0.164 e. The minimum Gasteiger partial charge on any atom is -0.384 e. The van der Waals surface area contributed by atoms with Crippen molar-refractivity contribution in [2.45, 2.75) is 38.7 Å². The van der Waals surface area contributed by atoms with Crippen molar-refractivity contribution < 1.29 is 18.3 Å². The summed E-state index contributed by atoms with van der Waals surface area (Å²) in [5.74, 6) is -3.56. The molecule has 1 aliphatic rings. The zero-order valence-electron chi connectivity index (χ0n) is 13.6. The van der Waals surface area contributed by atoms with E-state index in [2.05, 4.69) is 0 Å². The van der Waals surface area contributed by atoms with Crippen LogP contribution in [0.3, 0.4) is 0 Å². The average molecular weight is 315 g/mol. The van der Waals surface area contributed by atoms with E-state index in [0.717, 1.165) is 25.3 Å². The standard InChI is InChI=1S/C17H24F3NO/c1-10-6-5-7-12(9-21(3)4)17(10,22)13-8-14(18)16(20)11(2)15(13)19/h8,10,12,22H,5-7,9H2,1-4H3. The van der Waals surface area contributed by atoms with Crippen LogP contribution < -0.4 is 0 Å². The zero-order valence-corrected chi connectivity index (χ0v) is 13.6. The zero-order chi connectivity index (χ0) is 16.7. The summed E-state index contributed by atoms with van der Waals surface area (Å²) in [6.07, 6.45) is 2.40. The number of nitrogens with zero attached hydrogens (tertiary/aromatic N) is 1. The van der Waals surface area contributed by atoms with Crippen molar-refractivity contribution in [3.05, 3.63) is 34.6 Å². The Morgan fingerprint density at radius 2 is 1.86 bits per heavy atom. The van der Waals surface area contributed by atoms with Gasteiger partial charge >= 0.3 is 0 Å². The molecule has 0 spiro atoms. The fraction of sp³-hybridized carbons (Fsp3) is 0.647. The topological polar surface area (TPSA) is 23.5 Å². The van der Waals surface area contributed by atoms with Crippen LogP contribution in [-0.2, 0) is 5.60 Å². The second kappa shape index (κ2) is 6.20. The van der Waals surface area contributed by atoms with Crippen LogP contribution in [0.15, 0.2) is 6.07 Å². The SMILES string of the molecule is Cc1c(F)c(F)cc(C2(O)C(C)CCCC2CN(C)C)c1F. The molecule has 1 N–H and O–H groups in total. The Morgan fingerprint density at radius 1 is 1.23 bits per heavy atom. The van der Waals surface area contributed by atoms with Crippen LogP contribution in [0.5, 0.6) is 0 Å². The molecule has 1 aromatic rings. The van der Waals surface area contributed by atoms with Crippen molar-refractivity contribution in [3.63, 3.8) is 0 Å². The monoisotopic (exact) mass is 315 g/mol. The molecular formula is C17H24F3NO. The van der Waals surface area contributed by atoms with Crippen molar-refractivity contribution in [1.29, 1.82) is 0 Å². The molecule has 0 heterocycles. The van der Waals surface area contributed by atoms with Gasteiger partial charge < -0.3 is 10.0 Å². The molecule has 5 heteroatoms. The molecule has 0 aliphatic heterocycles. The Labute approximate surface area is 129 Å². The van der Waals surface area contributed by atoms with Gasteiger partial charge in [-0.3, -0.25) is 0 Å². The fourth-order valence-electron chi connectivity index (χ4n) is 3.69. The van der Waals surface area contributed by atoms with E-state index >= 15 is 0 Å². The summed E-state index contributed by atoms with van der Waals surface area (Å²) < 4.78 is 41.9. The third-order valence-electron chi connectivity index (χ3n) is 4.96. The van der Waals surface area contributed by atoms with Crippen molar-refractivity contribution >= 4 is 0 Å². The first-order chi connectivity index (χ1) is 10.2. The van der Waals surface area contributed by atoms with Gasteiger partial charge in [-0.25, -0.2) is 13.2 Å². The normalized spacial score (nSPS) is 29.1. The lowest BCUT2D eigenvalue weighted by molar-refractivity contribution is -0.104. The summed E-state index contributed by atoms with van der Waals surface area (Å²) in [5.41, 5.74) is -1.96. The summed E-state index contributed by atoms with van der Waals surface area (Å²) in [6.45, 7) is 3.62. The highest BCUT2D eigenvalue weighted by Crippen LogP contribution is 2.47. The molecule has 3 unspecified atom stereocenters. The van der Waals surface area contributed by atoms with E-state index in [1.807, 2.05) is 25.9 Å². The lowest BCUT2D eigenvalue weighted by atomic mass is 9.65. The fourth-order valence-corrected chi connectivity index (χ4v) is 3.69. The van der Waals surface area contributed by atoms with Crippen molar-refractivity contribution in [3.8, 4) is 0 Å². The second-order valence-electron chi connectivity index (χ2n) is 6.78. The molecule has 2 nitrogen and oxygen atoms in total. The predicted molar refractivity (Wildman–Crippen MR) is 80.0 cm³/mol.